The van der Waals surface area contributed by atoms with Gasteiger partial charge in [0.1, 0.15) is 11.6 Å². The monoisotopic (exact) mass is 353 g/mol. The Balaban J connectivity index is 1.43. The Morgan fingerprint density at radius 1 is 1.08 bits per heavy atom. The molecule has 0 aliphatic heterocycles. The first-order valence-corrected chi connectivity index (χ1v) is 8.02. The largest absolute Gasteiger partial charge is 0.367 e. The highest BCUT2D eigenvalue weighted by atomic mass is 16.2. The van der Waals surface area contributed by atoms with Crippen molar-refractivity contribution in [3.8, 4) is 0 Å². The van der Waals surface area contributed by atoms with Crippen LogP contribution in [0.1, 0.15) is 16.1 Å². The molecule has 0 atom stereocenters. The highest BCUT2D eigenvalue weighted by molar-refractivity contribution is 5.91. The van der Waals surface area contributed by atoms with Crippen molar-refractivity contribution in [2.24, 2.45) is 7.05 Å². The molecule has 0 fully saturated rings. The summed E-state index contributed by atoms with van der Waals surface area (Å²) in [6.07, 6.45) is 3.29. The van der Waals surface area contributed by atoms with Crippen molar-refractivity contribution >= 4 is 23.4 Å². The second-order valence-electron chi connectivity index (χ2n) is 5.61. The highest BCUT2D eigenvalue weighted by Crippen LogP contribution is 2.13. The zero-order valence-electron chi connectivity index (χ0n) is 14.5. The Morgan fingerprint density at radius 3 is 2.58 bits per heavy atom. The normalized spacial score (nSPS) is 10.4. The molecule has 0 aromatic carbocycles. The van der Waals surface area contributed by atoms with E-state index in [2.05, 4.69) is 41.4 Å². The van der Waals surface area contributed by atoms with Gasteiger partial charge in [-0.2, -0.15) is 0 Å². The molecule has 3 aromatic heterocycles. The standard InChI is InChI=1S/C16H19N9O/c1-11-5-6-17-15(9-11)20-14-4-3-13(22-23-14)18-7-8-19-16(26)12-10-25(2)24-21-12/h3-6,9-10H,7-8H2,1-2H3,(H,18,22)(H,19,26)(H,17,20,23). The van der Waals surface area contributed by atoms with E-state index in [1.165, 1.54) is 4.68 Å². The molecule has 10 heteroatoms. The topological polar surface area (TPSA) is 123 Å². The quantitative estimate of drug-likeness (QED) is 0.535. The number of nitrogens with one attached hydrogen (secondary N) is 3. The predicted octanol–water partition coefficient (Wildman–Crippen LogP) is 0.894. The van der Waals surface area contributed by atoms with E-state index in [0.717, 1.165) is 5.56 Å². The molecule has 0 radical (unpaired) electrons. The van der Waals surface area contributed by atoms with Gasteiger partial charge < -0.3 is 16.0 Å². The molecule has 3 N–H and O–H groups in total. The number of amides is 1. The highest BCUT2D eigenvalue weighted by Gasteiger charge is 2.08. The molecule has 3 heterocycles. The Labute approximate surface area is 150 Å². The van der Waals surface area contributed by atoms with Crippen molar-refractivity contribution in [1.82, 2.24) is 35.5 Å². The van der Waals surface area contributed by atoms with Crippen LogP contribution in [0.15, 0.2) is 36.7 Å². The van der Waals surface area contributed by atoms with Gasteiger partial charge in [0.25, 0.3) is 5.91 Å². The number of aromatic nitrogens is 6. The average molecular weight is 353 g/mol. The molecule has 1 amide bonds. The zero-order chi connectivity index (χ0) is 18.4. The van der Waals surface area contributed by atoms with Crippen molar-refractivity contribution in [1.29, 1.82) is 0 Å². The van der Waals surface area contributed by atoms with Crippen LogP contribution in [-0.2, 0) is 7.05 Å². The second kappa shape index (κ2) is 8.01. The maximum absolute atomic E-state index is 11.8. The first-order valence-electron chi connectivity index (χ1n) is 8.02. The van der Waals surface area contributed by atoms with Crippen molar-refractivity contribution in [3.05, 3.63) is 47.9 Å². The molecule has 0 unspecified atom stereocenters. The fraction of sp³-hybridized carbons (Fsp3) is 0.250. The van der Waals surface area contributed by atoms with E-state index in [9.17, 15) is 4.79 Å². The van der Waals surface area contributed by atoms with Crippen LogP contribution in [0.4, 0.5) is 17.5 Å². The van der Waals surface area contributed by atoms with Crippen LogP contribution in [-0.4, -0.2) is 49.2 Å². The van der Waals surface area contributed by atoms with Gasteiger partial charge in [-0.25, -0.2) is 4.98 Å². The number of pyridine rings is 1. The summed E-state index contributed by atoms with van der Waals surface area (Å²) in [5.41, 5.74) is 1.39. The molecular formula is C16H19N9O. The van der Waals surface area contributed by atoms with Crippen molar-refractivity contribution < 1.29 is 4.79 Å². The summed E-state index contributed by atoms with van der Waals surface area (Å²) in [5, 5.41) is 24.6. The van der Waals surface area contributed by atoms with Crippen LogP contribution in [0.3, 0.4) is 0 Å². The lowest BCUT2D eigenvalue weighted by atomic mass is 10.3. The summed E-state index contributed by atoms with van der Waals surface area (Å²) in [7, 11) is 1.71. The van der Waals surface area contributed by atoms with Crippen LogP contribution in [0.5, 0.6) is 0 Å². The molecule has 26 heavy (non-hydrogen) atoms. The average Bonchev–Trinajstić information content (AvgIpc) is 3.06. The maximum Gasteiger partial charge on any atom is 0.273 e. The summed E-state index contributed by atoms with van der Waals surface area (Å²) >= 11 is 0. The van der Waals surface area contributed by atoms with Gasteiger partial charge in [0.2, 0.25) is 0 Å². The Kier molecular flexibility index (Phi) is 5.32. The molecule has 0 bridgehead atoms. The van der Waals surface area contributed by atoms with Crippen LogP contribution in [0.25, 0.3) is 0 Å². The molecule has 134 valence electrons. The minimum Gasteiger partial charge on any atom is -0.367 e. The van der Waals surface area contributed by atoms with E-state index in [0.29, 0.717) is 30.5 Å². The van der Waals surface area contributed by atoms with Crippen molar-refractivity contribution in [2.45, 2.75) is 6.92 Å². The van der Waals surface area contributed by atoms with E-state index in [4.69, 9.17) is 0 Å². The van der Waals surface area contributed by atoms with Crippen LogP contribution < -0.4 is 16.0 Å². The molecular weight excluding hydrogens is 334 g/mol. The number of hydrogen-bond donors (Lipinski definition) is 3. The van der Waals surface area contributed by atoms with E-state index < -0.39 is 0 Å². The van der Waals surface area contributed by atoms with Crippen LogP contribution >= 0.6 is 0 Å². The number of carbonyl (C=O) groups excluding carboxylic acids is 1. The third-order valence-corrected chi connectivity index (χ3v) is 3.39. The number of hydrogen-bond acceptors (Lipinski definition) is 8. The van der Waals surface area contributed by atoms with Gasteiger partial charge in [0.15, 0.2) is 11.5 Å². The van der Waals surface area contributed by atoms with Gasteiger partial charge in [-0.1, -0.05) is 5.21 Å². The summed E-state index contributed by atoms with van der Waals surface area (Å²) in [6.45, 7) is 2.92. The SMILES string of the molecule is Cc1ccnc(Nc2ccc(NCCNC(=O)c3cn(C)nn3)nn2)c1. The van der Waals surface area contributed by atoms with Crippen LogP contribution in [0.2, 0.25) is 0 Å². The molecule has 0 aliphatic carbocycles. The first-order chi connectivity index (χ1) is 12.6. The molecule has 0 saturated heterocycles. The Bertz CT molecular complexity index is 875. The lowest BCUT2D eigenvalue weighted by Gasteiger charge is -2.07. The molecule has 10 nitrogen and oxygen atoms in total. The predicted molar refractivity (Wildman–Crippen MR) is 96.1 cm³/mol. The van der Waals surface area contributed by atoms with Crippen molar-refractivity contribution in [3.63, 3.8) is 0 Å². The number of nitrogens with zero attached hydrogens (tertiary/aromatic N) is 6. The third kappa shape index (κ3) is 4.72. The first kappa shape index (κ1) is 17.3. The second-order valence-corrected chi connectivity index (χ2v) is 5.61. The molecule has 0 aliphatic rings. The maximum atomic E-state index is 11.8. The minimum absolute atomic E-state index is 0.267. The number of aryl methyl sites for hydroxylation is 2. The lowest BCUT2D eigenvalue weighted by Crippen LogP contribution is -2.29. The minimum atomic E-state index is -0.267. The molecule has 3 aromatic rings. The third-order valence-electron chi connectivity index (χ3n) is 3.39. The van der Waals surface area contributed by atoms with Gasteiger partial charge in [0, 0.05) is 26.3 Å². The molecule has 0 spiro atoms. The number of anilines is 3. The zero-order valence-corrected chi connectivity index (χ0v) is 14.5. The fourth-order valence-electron chi connectivity index (χ4n) is 2.14. The van der Waals surface area contributed by atoms with Gasteiger partial charge >= 0.3 is 0 Å². The summed E-state index contributed by atoms with van der Waals surface area (Å²) in [5.74, 6) is 1.66. The fourth-order valence-corrected chi connectivity index (χ4v) is 2.14. The van der Waals surface area contributed by atoms with Gasteiger partial charge in [-0.3, -0.25) is 9.48 Å². The summed E-state index contributed by atoms with van der Waals surface area (Å²) in [4.78, 5) is 16.0. The van der Waals surface area contributed by atoms with E-state index >= 15 is 0 Å². The molecule has 0 saturated carbocycles. The van der Waals surface area contributed by atoms with Gasteiger partial charge in [-0.05, 0) is 36.8 Å². The Hall–Kier alpha value is -3.56. The lowest BCUT2D eigenvalue weighted by molar-refractivity contribution is 0.0950. The van der Waals surface area contributed by atoms with Crippen LogP contribution in [0, 0.1) is 6.92 Å². The van der Waals surface area contributed by atoms with E-state index in [1.54, 1.807) is 31.6 Å². The van der Waals surface area contributed by atoms with Gasteiger partial charge in [0.05, 0.1) is 6.20 Å². The summed E-state index contributed by atoms with van der Waals surface area (Å²) < 4.78 is 1.48. The smallest absolute Gasteiger partial charge is 0.273 e. The molecule has 3 rings (SSSR count). The van der Waals surface area contributed by atoms with E-state index in [1.807, 2.05) is 19.1 Å². The van der Waals surface area contributed by atoms with E-state index in [-0.39, 0.29) is 11.6 Å². The number of rotatable bonds is 7. The number of carbonyl (C=O) groups is 1. The van der Waals surface area contributed by atoms with Crippen molar-refractivity contribution in [2.75, 3.05) is 23.7 Å². The Morgan fingerprint density at radius 2 is 1.88 bits per heavy atom. The van der Waals surface area contributed by atoms with Gasteiger partial charge in [-0.15, -0.1) is 15.3 Å². The summed E-state index contributed by atoms with van der Waals surface area (Å²) in [6, 6.07) is 7.45.